The number of hydrogen-bond donors (Lipinski definition) is 1. The van der Waals surface area contributed by atoms with Crippen LogP contribution in [-0.2, 0) is 25.7 Å². The molecule has 1 unspecified atom stereocenters. The Morgan fingerprint density at radius 1 is 1.27 bits per heavy atom. The van der Waals surface area contributed by atoms with Crippen molar-refractivity contribution in [2.75, 3.05) is 32.8 Å². The molecule has 4 heterocycles. The summed E-state index contributed by atoms with van der Waals surface area (Å²) in [5, 5.41) is 7.12. The summed E-state index contributed by atoms with van der Waals surface area (Å²) in [6, 6.07) is 3.88. The normalized spacial score (nSPS) is 25.7. The summed E-state index contributed by atoms with van der Waals surface area (Å²) in [6.07, 6.45) is -0.733. The van der Waals surface area contributed by atoms with Gasteiger partial charge in [0.2, 0.25) is 11.8 Å². The second kappa shape index (κ2) is 8.99. The van der Waals surface area contributed by atoms with E-state index in [1.54, 1.807) is 12.4 Å². The van der Waals surface area contributed by atoms with Crippen molar-refractivity contribution in [1.82, 2.24) is 14.8 Å². The van der Waals surface area contributed by atoms with Crippen LogP contribution in [0.3, 0.4) is 0 Å². The number of aliphatic carboxylic acids is 1. The number of carbonyl (C=O) groups is 3. The molecule has 0 bridgehead atoms. The van der Waals surface area contributed by atoms with Gasteiger partial charge in [0.25, 0.3) is 0 Å². The van der Waals surface area contributed by atoms with Crippen LogP contribution in [0.25, 0.3) is 0 Å². The minimum absolute atomic E-state index is 0.00424. The molecule has 8 nitrogen and oxygen atoms in total. The van der Waals surface area contributed by atoms with Gasteiger partial charge >= 0.3 is 12.1 Å². The summed E-state index contributed by atoms with van der Waals surface area (Å²) in [5.74, 6) is -2.17. The van der Waals surface area contributed by atoms with Gasteiger partial charge < -0.3 is 19.6 Å². The lowest BCUT2D eigenvalue weighted by atomic mass is 10.0. The maximum atomic E-state index is 12.6. The van der Waals surface area contributed by atoms with E-state index >= 15 is 0 Å². The Labute approximate surface area is 170 Å². The van der Waals surface area contributed by atoms with Crippen LogP contribution in [0.5, 0.6) is 0 Å². The van der Waals surface area contributed by atoms with Gasteiger partial charge in [-0.05, 0) is 18.1 Å². The SMILES string of the molecule is O=C(C1CCOC1)N1C[C@H]2CN(Cc3cccnc3)C(=O)[C@H]2C1.O=C(O)C(F)(F)F. The van der Waals surface area contributed by atoms with E-state index in [1.165, 1.54) is 0 Å². The van der Waals surface area contributed by atoms with E-state index in [0.29, 0.717) is 32.8 Å². The topological polar surface area (TPSA) is 100 Å². The first-order valence-corrected chi connectivity index (χ1v) is 9.51. The molecule has 11 heteroatoms. The van der Waals surface area contributed by atoms with Gasteiger partial charge in [-0.1, -0.05) is 6.07 Å². The zero-order valence-corrected chi connectivity index (χ0v) is 16.0. The molecule has 164 valence electrons. The molecule has 1 N–H and O–H groups in total. The predicted octanol–water partition coefficient (Wildman–Crippen LogP) is 1.17. The molecular formula is C19H22F3N3O5. The first-order chi connectivity index (χ1) is 14.2. The molecule has 3 fully saturated rings. The highest BCUT2D eigenvalue weighted by atomic mass is 19.4. The van der Waals surface area contributed by atoms with Crippen molar-refractivity contribution in [3.63, 3.8) is 0 Å². The van der Waals surface area contributed by atoms with E-state index < -0.39 is 12.1 Å². The fourth-order valence-electron chi connectivity index (χ4n) is 3.97. The molecule has 0 radical (unpaired) electrons. The molecule has 3 aliphatic rings. The number of carboxylic acids is 1. The van der Waals surface area contributed by atoms with E-state index in [0.717, 1.165) is 18.5 Å². The molecule has 3 saturated heterocycles. The number of carboxylic acid groups (broad SMARTS) is 1. The summed E-state index contributed by atoms with van der Waals surface area (Å²) < 4.78 is 37.0. The van der Waals surface area contributed by atoms with Gasteiger partial charge in [-0.25, -0.2) is 4.79 Å². The van der Waals surface area contributed by atoms with Crippen molar-refractivity contribution in [1.29, 1.82) is 0 Å². The fraction of sp³-hybridized carbons (Fsp3) is 0.579. The number of likely N-dealkylation sites (tertiary alicyclic amines) is 2. The summed E-state index contributed by atoms with van der Waals surface area (Å²) >= 11 is 0. The van der Waals surface area contributed by atoms with Gasteiger partial charge in [-0.15, -0.1) is 0 Å². The number of halogens is 3. The number of carbonyl (C=O) groups excluding carboxylic acids is 2. The third-order valence-electron chi connectivity index (χ3n) is 5.45. The van der Waals surface area contributed by atoms with Crippen LogP contribution in [0.2, 0.25) is 0 Å². The van der Waals surface area contributed by atoms with Crippen LogP contribution >= 0.6 is 0 Å². The standard InChI is InChI=1S/C17H21N3O3.C2HF3O2/c21-16(13-3-5-23-11-13)20-9-14-8-19(17(22)15(14)10-20)7-12-2-1-4-18-6-12;3-2(4,5)1(6)7/h1-2,4,6,13-15H,3,5,7-11H2;(H,6,7)/t13?,14-,15+;/m1./s1. The Balaban J connectivity index is 0.000000318. The van der Waals surface area contributed by atoms with Crippen LogP contribution in [0.15, 0.2) is 24.5 Å². The van der Waals surface area contributed by atoms with E-state index in [1.807, 2.05) is 21.9 Å². The Bertz CT molecular complexity index is 783. The van der Waals surface area contributed by atoms with Gasteiger partial charge in [-0.3, -0.25) is 14.6 Å². The molecule has 1 aromatic heterocycles. The third-order valence-corrected chi connectivity index (χ3v) is 5.45. The largest absolute Gasteiger partial charge is 0.490 e. The van der Waals surface area contributed by atoms with E-state index in [-0.39, 0.29) is 29.6 Å². The number of ether oxygens (including phenoxy) is 1. The lowest BCUT2D eigenvalue weighted by Gasteiger charge is -2.23. The van der Waals surface area contributed by atoms with Crippen LogP contribution < -0.4 is 0 Å². The number of alkyl halides is 3. The van der Waals surface area contributed by atoms with E-state index in [2.05, 4.69) is 4.98 Å². The molecule has 0 aliphatic carbocycles. The average Bonchev–Trinajstić information content (AvgIpc) is 3.42. The zero-order valence-electron chi connectivity index (χ0n) is 16.0. The van der Waals surface area contributed by atoms with Crippen LogP contribution in [0, 0.1) is 17.8 Å². The maximum Gasteiger partial charge on any atom is 0.490 e. The Morgan fingerprint density at radius 3 is 2.53 bits per heavy atom. The molecule has 4 rings (SSSR count). The molecule has 30 heavy (non-hydrogen) atoms. The van der Waals surface area contributed by atoms with Crippen molar-refractivity contribution in [2.24, 2.45) is 17.8 Å². The lowest BCUT2D eigenvalue weighted by Crippen LogP contribution is -2.38. The minimum atomic E-state index is -5.08. The van der Waals surface area contributed by atoms with Crippen molar-refractivity contribution in [3.05, 3.63) is 30.1 Å². The molecule has 0 spiro atoms. The average molecular weight is 429 g/mol. The van der Waals surface area contributed by atoms with Gasteiger partial charge in [0.15, 0.2) is 0 Å². The number of rotatable bonds is 3. The molecule has 3 aliphatic heterocycles. The van der Waals surface area contributed by atoms with Gasteiger partial charge in [0.05, 0.1) is 18.4 Å². The highest BCUT2D eigenvalue weighted by Crippen LogP contribution is 2.34. The Hall–Kier alpha value is -2.69. The highest BCUT2D eigenvalue weighted by Gasteiger charge is 2.48. The minimum Gasteiger partial charge on any atom is -0.475 e. The molecular weight excluding hydrogens is 407 g/mol. The van der Waals surface area contributed by atoms with Crippen molar-refractivity contribution in [3.8, 4) is 0 Å². The van der Waals surface area contributed by atoms with Crippen molar-refractivity contribution in [2.45, 2.75) is 19.1 Å². The summed E-state index contributed by atoms with van der Waals surface area (Å²) in [4.78, 5) is 41.9. The Kier molecular flexibility index (Phi) is 6.59. The smallest absolute Gasteiger partial charge is 0.475 e. The number of aromatic nitrogens is 1. The number of fused-ring (bicyclic) bond motifs is 1. The van der Waals surface area contributed by atoms with E-state index in [4.69, 9.17) is 14.6 Å². The second-order valence-electron chi connectivity index (χ2n) is 7.55. The van der Waals surface area contributed by atoms with Crippen LogP contribution in [0.1, 0.15) is 12.0 Å². The molecule has 2 amide bonds. The van der Waals surface area contributed by atoms with Crippen molar-refractivity contribution >= 4 is 17.8 Å². The Morgan fingerprint density at radius 2 is 2.00 bits per heavy atom. The van der Waals surface area contributed by atoms with Crippen LogP contribution in [0.4, 0.5) is 13.2 Å². The predicted molar refractivity (Wildman–Crippen MR) is 95.8 cm³/mol. The second-order valence-corrected chi connectivity index (χ2v) is 7.55. The van der Waals surface area contributed by atoms with Crippen molar-refractivity contribution < 1.29 is 37.4 Å². The molecule has 1 aromatic rings. The van der Waals surface area contributed by atoms with Gasteiger partial charge in [0, 0.05) is 51.1 Å². The quantitative estimate of drug-likeness (QED) is 0.774. The first kappa shape index (κ1) is 22.0. The van der Waals surface area contributed by atoms with Gasteiger partial charge in [-0.2, -0.15) is 13.2 Å². The lowest BCUT2D eigenvalue weighted by molar-refractivity contribution is -0.192. The summed E-state index contributed by atoms with van der Waals surface area (Å²) in [7, 11) is 0. The molecule has 0 saturated carbocycles. The molecule has 3 atom stereocenters. The summed E-state index contributed by atoms with van der Waals surface area (Å²) in [6.45, 7) is 3.84. The molecule has 0 aromatic carbocycles. The number of hydrogen-bond acceptors (Lipinski definition) is 5. The summed E-state index contributed by atoms with van der Waals surface area (Å²) in [5.41, 5.74) is 1.05. The number of amides is 2. The zero-order chi connectivity index (χ0) is 21.9. The monoisotopic (exact) mass is 429 g/mol. The third kappa shape index (κ3) is 5.07. The fourth-order valence-corrected chi connectivity index (χ4v) is 3.97. The number of pyridine rings is 1. The highest BCUT2D eigenvalue weighted by molar-refractivity contribution is 5.85. The maximum absolute atomic E-state index is 12.6. The van der Waals surface area contributed by atoms with Gasteiger partial charge in [0.1, 0.15) is 0 Å². The van der Waals surface area contributed by atoms with Crippen LogP contribution in [-0.4, -0.2) is 76.7 Å². The first-order valence-electron chi connectivity index (χ1n) is 9.51. The number of nitrogens with zero attached hydrogens (tertiary/aromatic N) is 3. The van der Waals surface area contributed by atoms with E-state index in [9.17, 15) is 22.8 Å².